The van der Waals surface area contributed by atoms with Crippen LogP contribution in [0, 0.1) is 0 Å². The Bertz CT molecular complexity index is 1770. The maximum absolute atomic E-state index is 14.5. The zero-order valence-corrected chi connectivity index (χ0v) is 24.4. The first-order chi connectivity index (χ1) is 20.4. The van der Waals surface area contributed by atoms with Crippen LogP contribution in [0.1, 0.15) is 35.3 Å². The van der Waals surface area contributed by atoms with Gasteiger partial charge in [0.2, 0.25) is 0 Å². The number of halogens is 4. The smallest absolute Gasteiger partial charge is 0.257 e. The summed E-state index contributed by atoms with van der Waals surface area (Å²) in [4.78, 5) is 22.3. The van der Waals surface area contributed by atoms with E-state index in [1.54, 1.807) is 34.7 Å². The van der Waals surface area contributed by atoms with Crippen LogP contribution in [0.2, 0.25) is 10.0 Å². The summed E-state index contributed by atoms with van der Waals surface area (Å²) < 4.78 is 32.0. The van der Waals surface area contributed by atoms with Gasteiger partial charge in [0.15, 0.2) is 11.2 Å². The molecular formula is C29H25Cl2F2N7OS. The Kier molecular flexibility index (Phi) is 7.21. The van der Waals surface area contributed by atoms with Crippen LogP contribution in [-0.2, 0) is 17.8 Å². The maximum atomic E-state index is 14.5. The number of imidazole rings is 1. The minimum absolute atomic E-state index is 0.151. The zero-order chi connectivity index (χ0) is 29.0. The lowest BCUT2D eigenvalue weighted by molar-refractivity contribution is -0.118. The third kappa shape index (κ3) is 4.88. The number of fused-ring (bicyclic) bond motifs is 2. The summed E-state index contributed by atoms with van der Waals surface area (Å²) in [6, 6.07) is 8.44. The number of carbonyl (C=O) groups is 1. The van der Waals surface area contributed by atoms with Gasteiger partial charge in [-0.15, -0.1) is 11.3 Å². The first-order valence-corrected chi connectivity index (χ1v) is 15.2. The number of hydrogen-bond acceptors (Lipinski definition) is 6. The molecule has 2 aliphatic heterocycles. The molecule has 7 rings (SSSR count). The average Bonchev–Trinajstić information content (AvgIpc) is 3.78. The molecule has 0 radical (unpaired) electrons. The molecule has 1 saturated heterocycles. The molecule has 1 amide bonds. The predicted molar refractivity (Wildman–Crippen MR) is 160 cm³/mol. The Labute approximate surface area is 253 Å². The quantitative estimate of drug-likeness (QED) is 0.234. The maximum Gasteiger partial charge on any atom is 0.257 e. The van der Waals surface area contributed by atoms with Crippen LogP contribution >= 0.6 is 34.5 Å². The van der Waals surface area contributed by atoms with Gasteiger partial charge in [0.05, 0.1) is 28.6 Å². The molecule has 42 heavy (non-hydrogen) atoms. The van der Waals surface area contributed by atoms with Gasteiger partial charge in [-0.05, 0) is 30.2 Å². The molecule has 2 N–H and O–H groups in total. The SMILES string of the molecule is O=C(Nc1nccs1)C(c1ncn2c1CC(F)C2)n1cc2c(Cl)cc(-c3ccc([C@@H]4CCNC[C@H]4F)cc3)c(Cl)c2n1. The number of rotatable bonds is 6. The molecule has 4 atom stereocenters. The summed E-state index contributed by atoms with van der Waals surface area (Å²) >= 11 is 15.0. The second kappa shape index (κ2) is 11.0. The monoisotopic (exact) mass is 627 g/mol. The van der Waals surface area contributed by atoms with Crippen LogP contribution in [0.3, 0.4) is 0 Å². The van der Waals surface area contributed by atoms with E-state index >= 15 is 0 Å². The largest absolute Gasteiger partial charge is 0.331 e. The number of nitrogens with one attached hydrogen (secondary N) is 2. The minimum Gasteiger partial charge on any atom is -0.331 e. The Morgan fingerprint density at radius 3 is 2.79 bits per heavy atom. The highest BCUT2D eigenvalue weighted by atomic mass is 35.5. The van der Waals surface area contributed by atoms with E-state index in [9.17, 15) is 13.6 Å². The number of aromatic nitrogens is 5. The van der Waals surface area contributed by atoms with Crippen LogP contribution in [0.5, 0.6) is 0 Å². The number of alkyl halides is 2. The molecule has 216 valence electrons. The lowest BCUT2D eigenvalue weighted by Crippen LogP contribution is -2.36. The third-order valence-electron chi connectivity index (χ3n) is 7.99. The van der Waals surface area contributed by atoms with Crippen LogP contribution in [0.25, 0.3) is 22.0 Å². The molecule has 0 saturated carbocycles. The van der Waals surface area contributed by atoms with Gasteiger partial charge in [0, 0.05) is 53.3 Å². The highest BCUT2D eigenvalue weighted by Crippen LogP contribution is 2.40. The van der Waals surface area contributed by atoms with Crippen molar-refractivity contribution >= 4 is 56.5 Å². The predicted octanol–water partition coefficient (Wildman–Crippen LogP) is 6.20. The molecule has 1 fully saturated rings. The summed E-state index contributed by atoms with van der Waals surface area (Å²) in [7, 11) is 0. The molecule has 2 unspecified atom stereocenters. The lowest BCUT2D eigenvalue weighted by atomic mass is 9.88. The van der Waals surface area contributed by atoms with Crippen LogP contribution < -0.4 is 10.6 Å². The van der Waals surface area contributed by atoms with Crippen molar-refractivity contribution in [2.24, 2.45) is 0 Å². The van der Waals surface area contributed by atoms with E-state index in [-0.39, 0.29) is 18.9 Å². The summed E-state index contributed by atoms with van der Waals surface area (Å²) in [6.07, 6.45) is 3.71. The van der Waals surface area contributed by atoms with Crippen LogP contribution in [-0.4, -0.2) is 55.7 Å². The van der Waals surface area contributed by atoms with Gasteiger partial charge in [-0.3, -0.25) is 14.8 Å². The molecule has 0 spiro atoms. The van der Waals surface area contributed by atoms with Gasteiger partial charge in [-0.2, -0.15) is 5.10 Å². The summed E-state index contributed by atoms with van der Waals surface area (Å²) in [5.74, 6) is -0.573. The lowest BCUT2D eigenvalue weighted by Gasteiger charge is -2.27. The normalized spacial score (nSPS) is 21.0. The Morgan fingerprint density at radius 1 is 1.19 bits per heavy atom. The molecule has 0 aliphatic carbocycles. The molecule has 5 heterocycles. The van der Waals surface area contributed by atoms with Crippen molar-refractivity contribution in [3.8, 4) is 11.1 Å². The second-order valence-corrected chi connectivity index (χ2v) is 12.3. The van der Waals surface area contributed by atoms with Gasteiger partial charge in [-0.1, -0.05) is 47.5 Å². The number of carbonyl (C=O) groups excluding carboxylic acids is 1. The van der Waals surface area contributed by atoms with E-state index in [4.69, 9.17) is 28.3 Å². The fourth-order valence-corrected chi connectivity index (χ4v) is 7.00. The van der Waals surface area contributed by atoms with E-state index in [1.165, 1.54) is 16.0 Å². The van der Waals surface area contributed by atoms with E-state index in [1.807, 2.05) is 24.3 Å². The van der Waals surface area contributed by atoms with Crippen molar-refractivity contribution in [3.05, 3.63) is 81.4 Å². The average molecular weight is 629 g/mol. The molecule has 5 aromatic rings. The highest BCUT2D eigenvalue weighted by molar-refractivity contribution is 7.13. The number of amides is 1. The Hall–Kier alpha value is -3.38. The number of thiazole rings is 1. The van der Waals surface area contributed by atoms with E-state index < -0.39 is 24.3 Å². The van der Waals surface area contributed by atoms with Crippen molar-refractivity contribution in [1.29, 1.82) is 0 Å². The van der Waals surface area contributed by atoms with Crippen LogP contribution in [0.4, 0.5) is 13.9 Å². The summed E-state index contributed by atoms with van der Waals surface area (Å²) in [5.41, 5.74) is 3.88. The number of hydrogen-bond donors (Lipinski definition) is 2. The molecule has 8 nitrogen and oxygen atoms in total. The van der Waals surface area contributed by atoms with Gasteiger partial charge in [0.1, 0.15) is 17.9 Å². The number of nitrogens with zero attached hydrogens (tertiary/aromatic N) is 5. The van der Waals surface area contributed by atoms with Crippen molar-refractivity contribution in [3.63, 3.8) is 0 Å². The standard InChI is InChI=1S/C29H25Cl2F2N7OS/c30-21-10-19(16-3-1-15(2-4-16)18-5-6-34-11-22(18)33)24(31)25-20(21)13-40(38-25)27(28(41)37-29-35-7-8-42-29)26-23-9-17(32)12-39(23)14-36-26/h1-4,7-8,10,13-14,17-18,22,27,34H,5-6,9,11-12H2,(H,35,37,41)/t17?,18-,22+,27?/m0/s1. The third-order valence-corrected chi connectivity index (χ3v) is 9.37. The fourth-order valence-electron chi connectivity index (χ4n) is 5.92. The van der Waals surface area contributed by atoms with Gasteiger partial charge >= 0.3 is 0 Å². The van der Waals surface area contributed by atoms with E-state index in [2.05, 4.69) is 20.6 Å². The summed E-state index contributed by atoms with van der Waals surface area (Å²) in [6.45, 7) is 1.33. The van der Waals surface area contributed by atoms with Gasteiger partial charge < -0.3 is 9.88 Å². The highest BCUT2D eigenvalue weighted by Gasteiger charge is 2.35. The molecule has 0 bridgehead atoms. The first-order valence-electron chi connectivity index (χ1n) is 13.6. The number of anilines is 1. The molecule has 13 heteroatoms. The number of benzene rings is 2. The topological polar surface area (TPSA) is 89.7 Å². The first kappa shape index (κ1) is 27.5. The van der Waals surface area contributed by atoms with Crippen LogP contribution in [0.15, 0.2) is 54.4 Å². The van der Waals surface area contributed by atoms with Crippen molar-refractivity contribution in [1.82, 2.24) is 29.6 Å². The minimum atomic E-state index is -1.05. The van der Waals surface area contributed by atoms with Gasteiger partial charge in [-0.25, -0.2) is 18.7 Å². The zero-order valence-electron chi connectivity index (χ0n) is 22.1. The summed E-state index contributed by atoms with van der Waals surface area (Å²) in [5, 5.41) is 14.2. The Morgan fingerprint density at radius 2 is 2.02 bits per heavy atom. The van der Waals surface area contributed by atoms with Crippen molar-refractivity contribution < 1.29 is 13.6 Å². The Balaban J connectivity index is 1.28. The molecule has 2 aliphatic rings. The second-order valence-electron chi connectivity index (χ2n) is 10.6. The fraction of sp³-hybridized carbons (Fsp3) is 0.310. The molecule has 2 aromatic carbocycles. The van der Waals surface area contributed by atoms with Gasteiger partial charge in [0.25, 0.3) is 5.91 Å². The van der Waals surface area contributed by atoms with Crippen molar-refractivity contribution in [2.45, 2.75) is 43.7 Å². The molecular weight excluding hydrogens is 603 g/mol. The van der Waals surface area contributed by atoms with E-state index in [0.717, 1.165) is 24.1 Å². The van der Waals surface area contributed by atoms with E-state index in [0.29, 0.717) is 49.6 Å². The van der Waals surface area contributed by atoms with Crippen molar-refractivity contribution in [2.75, 3.05) is 18.4 Å². The molecule has 3 aromatic heterocycles. The number of piperidine rings is 1.